The van der Waals surface area contributed by atoms with Crippen molar-refractivity contribution < 1.29 is 19.8 Å². The minimum Gasteiger partial charge on any atom is -0.481 e. The second-order valence-corrected chi connectivity index (χ2v) is 3.41. The zero-order valence-electron chi connectivity index (χ0n) is 8.54. The number of hydrogen-bond acceptors (Lipinski definition) is 3. The van der Waals surface area contributed by atoms with Crippen molar-refractivity contribution in [3.63, 3.8) is 0 Å². The van der Waals surface area contributed by atoms with Crippen molar-refractivity contribution in [3.05, 3.63) is 35.9 Å². The minimum absolute atomic E-state index is 0.207. The molecule has 0 saturated carbocycles. The molecule has 4 N–H and O–H groups in total. The second-order valence-electron chi connectivity index (χ2n) is 3.41. The Balaban J connectivity index is 3.09. The molecule has 0 amide bonds. The van der Waals surface area contributed by atoms with Crippen LogP contribution in [-0.2, 0) is 9.59 Å². The standard InChI is InChI=1S/C11H13NO4/c12-6-8(10(13)14)9(11(15)16)7-4-2-1-3-5-7/h1-5,8-9H,6,12H2,(H,13,14)(H,15,16). The maximum Gasteiger partial charge on any atom is 0.311 e. The first kappa shape index (κ1) is 12.2. The van der Waals surface area contributed by atoms with Crippen molar-refractivity contribution in [2.45, 2.75) is 5.92 Å². The van der Waals surface area contributed by atoms with Gasteiger partial charge in [0.25, 0.3) is 0 Å². The first-order valence-corrected chi connectivity index (χ1v) is 4.78. The highest BCUT2D eigenvalue weighted by molar-refractivity contribution is 5.84. The molecule has 86 valence electrons. The van der Waals surface area contributed by atoms with E-state index in [4.69, 9.17) is 15.9 Å². The number of carboxylic acid groups (broad SMARTS) is 2. The maximum absolute atomic E-state index is 11.1. The highest BCUT2D eigenvalue weighted by Gasteiger charge is 2.33. The molecule has 0 saturated heterocycles. The first-order valence-electron chi connectivity index (χ1n) is 4.78. The molecular weight excluding hydrogens is 210 g/mol. The van der Waals surface area contributed by atoms with Gasteiger partial charge in [0.05, 0.1) is 11.8 Å². The van der Waals surface area contributed by atoms with E-state index in [9.17, 15) is 9.59 Å². The van der Waals surface area contributed by atoms with E-state index in [0.29, 0.717) is 5.56 Å². The zero-order valence-corrected chi connectivity index (χ0v) is 8.54. The molecule has 0 aliphatic carbocycles. The molecule has 0 radical (unpaired) electrons. The lowest BCUT2D eigenvalue weighted by Crippen LogP contribution is -2.33. The molecule has 2 atom stereocenters. The van der Waals surface area contributed by atoms with Gasteiger partial charge >= 0.3 is 11.9 Å². The largest absolute Gasteiger partial charge is 0.481 e. The summed E-state index contributed by atoms with van der Waals surface area (Å²) in [5, 5.41) is 18.0. The number of benzene rings is 1. The van der Waals surface area contributed by atoms with E-state index in [1.54, 1.807) is 30.3 Å². The van der Waals surface area contributed by atoms with Crippen LogP contribution in [0.5, 0.6) is 0 Å². The van der Waals surface area contributed by atoms with E-state index in [-0.39, 0.29) is 6.54 Å². The molecule has 1 rings (SSSR count). The van der Waals surface area contributed by atoms with Crippen molar-refractivity contribution in [2.24, 2.45) is 11.7 Å². The van der Waals surface area contributed by atoms with E-state index >= 15 is 0 Å². The third-order valence-corrected chi connectivity index (χ3v) is 2.40. The quantitative estimate of drug-likeness (QED) is 0.675. The third kappa shape index (κ3) is 2.58. The fourth-order valence-corrected chi connectivity index (χ4v) is 1.59. The summed E-state index contributed by atoms with van der Waals surface area (Å²) in [4.78, 5) is 22.0. The minimum atomic E-state index is -1.20. The lowest BCUT2D eigenvalue weighted by molar-refractivity contribution is -0.149. The molecule has 0 fully saturated rings. The zero-order chi connectivity index (χ0) is 12.1. The monoisotopic (exact) mass is 223 g/mol. The van der Waals surface area contributed by atoms with Gasteiger partial charge in [-0.15, -0.1) is 0 Å². The van der Waals surface area contributed by atoms with Crippen molar-refractivity contribution in [3.8, 4) is 0 Å². The molecule has 1 aromatic carbocycles. The van der Waals surface area contributed by atoms with E-state index < -0.39 is 23.8 Å². The van der Waals surface area contributed by atoms with Crippen LogP contribution in [0.2, 0.25) is 0 Å². The Labute approximate surface area is 92.5 Å². The summed E-state index contributed by atoms with van der Waals surface area (Å²) in [7, 11) is 0. The average Bonchev–Trinajstić information content (AvgIpc) is 2.25. The van der Waals surface area contributed by atoms with Crippen LogP contribution in [-0.4, -0.2) is 28.7 Å². The summed E-state index contributed by atoms with van der Waals surface area (Å²) >= 11 is 0. The molecule has 0 aliphatic rings. The van der Waals surface area contributed by atoms with Crippen molar-refractivity contribution >= 4 is 11.9 Å². The molecule has 1 aromatic rings. The Morgan fingerprint density at radius 3 is 2.06 bits per heavy atom. The smallest absolute Gasteiger partial charge is 0.311 e. The van der Waals surface area contributed by atoms with Crippen LogP contribution in [0.3, 0.4) is 0 Å². The number of nitrogens with two attached hydrogens (primary N) is 1. The van der Waals surface area contributed by atoms with Crippen LogP contribution in [0.25, 0.3) is 0 Å². The van der Waals surface area contributed by atoms with Crippen LogP contribution in [0.15, 0.2) is 30.3 Å². The van der Waals surface area contributed by atoms with E-state index in [1.807, 2.05) is 0 Å². The van der Waals surface area contributed by atoms with Crippen molar-refractivity contribution in [1.29, 1.82) is 0 Å². The second kappa shape index (κ2) is 5.27. The molecule has 0 heterocycles. The maximum atomic E-state index is 11.1. The van der Waals surface area contributed by atoms with Crippen molar-refractivity contribution in [2.75, 3.05) is 6.54 Å². The normalized spacial score (nSPS) is 14.1. The molecule has 5 nitrogen and oxygen atoms in total. The van der Waals surface area contributed by atoms with Gasteiger partial charge in [-0.05, 0) is 5.56 Å². The van der Waals surface area contributed by atoms with Gasteiger partial charge in [-0.1, -0.05) is 30.3 Å². The number of carbonyl (C=O) groups is 2. The highest BCUT2D eigenvalue weighted by atomic mass is 16.4. The third-order valence-electron chi connectivity index (χ3n) is 2.40. The summed E-state index contributed by atoms with van der Waals surface area (Å²) in [6.07, 6.45) is 0. The molecule has 2 unspecified atom stereocenters. The van der Waals surface area contributed by atoms with Gasteiger partial charge in [-0.25, -0.2) is 0 Å². The molecular formula is C11H13NO4. The first-order chi connectivity index (χ1) is 7.57. The molecule has 0 aliphatic heterocycles. The Bertz CT molecular complexity index is 377. The van der Waals surface area contributed by atoms with Gasteiger partial charge in [0, 0.05) is 6.54 Å². The lowest BCUT2D eigenvalue weighted by Gasteiger charge is -2.18. The van der Waals surface area contributed by atoms with Gasteiger partial charge in [0.1, 0.15) is 0 Å². The summed E-state index contributed by atoms with van der Waals surface area (Å²) in [6.45, 7) is -0.207. The Hall–Kier alpha value is -1.88. The topological polar surface area (TPSA) is 101 Å². The highest BCUT2D eigenvalue weighted by Crippen LogP contribution is 2.24. The summed E-state index contributed by atoms with van der Waals surface area (Å²) in [6, 6.07) is 8.25. The fourth-order valence-electron chi connectivity index (χ4n) is 1.59. The average molecular weight is 223 g/mol. The lowest BCUT2D eigenvalue weighted by atomic mass is 9.86. The van der Waals surface area contributed by atoms with Crippen LogP contribution in [0.1, 0.15) is 11.5 Å². The predicted octanol–water partition coefficient (Wildman–Crippen LogP) is 0.514. The Morgan fingerprint density at radius 2 is 1.69 bits per heavy atom. The summed E-state index contributed by atoms with van der Waals surface area (Å²) < 4.78 is 0. The number of carboxylic acids is 2. The molecule has 0 spiro atoms. The van der Waals surface area contributed by atoms with Gasteiger partial charge in [-0.2, -0.15) is 0 Å². The van der Waals surface area contributed by atoms with Crippen LogP contribution in [0.4, 0.5) is 0 Å². The van der Waals surface area contributed by atoms with E-state index in [1.165, 1.54) is 0 Å². The van der Waals surface area contributed by atoms with Crippen molar-refractivity contribution in [1.82, 2.24) is 0 Å². The van der Waals surface area contributed by atoms with E-state index in [0.717, 1.165) is 0 Å². The molecule has 0 aromatic heterocycles. The number of rotatable bonds is 5. The van der Waals surface area contributed by atoms with Gasteiger partial charge < -0.3 is 15.9 Å². The summed E-state index contributed by atoms with van der Waals surface area (Å²) in [5.41, 5.74) is 5.76. The van der Waals surface area contributed by atoms with E-state index in [2.05, 4.69) is 0 Å². The van der Waals surface area contributed by atoms with Crippen LogP contribution < -0.4 is 5.73 Å². The molecule has 5 heteroatoms. The molecule has 16 heavy (non-hydrogen) atoms. The fraction of sp³-hybridized carbons (Fsp3) is 0.273. The number of aliphatic carboxylic acids is 2. The summed E-state index contributed by atoms with van der Waals surface area (Å²) in [5.74, 6) is -4.59. The van der Waals surface area contributed by atoms with Crippen LogP contribution >= 0.6 is 0 Å². The van der Waals surface area contributed by atoms with Gasteiger partial charge in [-0.3, -0.25) is 9.59 Å². The molecule has 0 bridgehead atoms. The van der Waals surface area contributed by atoms with Crippen LogP contribution in [0, 0.1) is 5.92 Å². The Morgan fingerprint density at radius 1 is 1.12 bits per heavy atom. The number of hydrogen-bond donors (Lipinski definition) is 3. The van der Waals surface area contributed by atoms with Gasteiger partial charge in [0.2, 0.25) is 0 Å². The van der Waals surface area contributed by atoms with Gasteiger partial charge in [0.15, 0.2) is 0 Å². The Kier molecular flexibility index (Phi) is 4.02. The SMILES string of the molecule is NCC(C(=O)O)C(C(=O)O)c1ccccc1. The predicted molar refractivity (Wildman–Crippen MR) is 57.0 cm³/mol.